The van der Waals surface area contributed by atoms with Gasteiger partial charge in [-0.1, -0.05) is 6.07 Å². The van der Waals surface area contributed by atoms with Crippen LogP contribution < -0.4 is 10.5 Å². The third-order valence-corrected chi connectivity index (χ3v) is 2.07. The molecule has 0 atom stereocenters. The Hall–Kier alpha value is -1.75. The highest BCUT2D eigenvalue weighted by atomic mass is 16.5. The summed E-state index contributed by atoms with van der Waals surface area (Å²) in [6, 6.07) is 4.38. The molecule has 0 fully saturated rings. The van der Waals surface area contributed by atoms with Crippen LogP contribution in [0.15, 0.2) is 18.2 Å². The monoisotopic (exact) mass is 225 g/mol. The van der Waals surface area contributed by atoms with E-state index in [2.05, 4.69) is 0 Å². The van der Waals surface area contributed by atoms with Gasteiger partial charge in [0.25, 0.3) is 0 Å². The Bertz CT molecular complexity index is 365. The zero-order chi connectivity index (χ0) is 12.0. The van der Waals surface area contributed by atoms with Gasteiger partial charge in [0.1, 0.15) is 17.1 Å². The summed E-state index contributed by atoms with van der Waals surface area (Å²) in [6.45, 7) is 0.968. The predicted octanol–water partition coefficient (Wildman–Crippen LogP) is 1.21. The van der Waals surface area contributed by atoms with Crippen molar-refractivity contribution >= 4 is 5.97 Å². The molecule has 16 heavy (non-hydrogen) atoms. The van der Waals surface area contributed by atoms with Crippen molar-refractivity contribution in [3.05, 3.63) is 23.8 Å². The number of phenols is 1. The minimum absolute atomic E-state index is 0.185. The summed E-state index contributed by atoms with van der Waals surface area (Å²) in [5, 5.41) is 18.3. The van der Waals surface area contributed by atoms with E-state index in [1.54, 1.807) is 6.07 Å². The Labute approximate surface area is 93.5 Å². The van der Waals surface area contributed by atoms with Crippen molar-refractivity contribution in [3.8, 4) is 11.5 Å². The van der Waals surface area contributed by atoms with E-state index in [1.165, 1.54) is 12.1 Å². The molecule has 0 aliphatic carbocycles. The Morgan fingerprint density at radius 3 is 2.75 bits per heavy atom. The minimum Gasteiger partial charge on any atom is -0.507 e. The molecule has 4 N–H and O–H groups in total. The summed E-state index contributed by atoms with van der Waals surface area (Å²) in [5.41, 5.74) is 5.12. The van der Waals surface area contributed by atoms with Crippen LogP contribution in [-0.4, -0.2) is 29.3 Å². The van der Waals surface area contributed by atoms with Gasteiger partial charge in [0.15, 0.2) is 0 Å². The number of ether oxygens (including phenoxy) is 1. The first-order valence-electron chi connectivity index (χ1n) is 5.05. The first-order chi connectivity index (χ1) is 7.66. The van der Waals surface area contributed by atoms with E-state index in [4.69, 9.17) is 15.6 Å². The number of hydrogen-bond donors (Lipinski definition) is 3. The molecule has 5 heteroatoms. The summed E-state index contributed by atoms with van der Waals surface area (Å²) in [5.74, 6) is -1.31. The molecule has 5 nitrogen and oxygen atoms in total. The average molecular weight is 225 g/mol. The van der Waals surface area contributed by atoms with Gasteiger partial charge < -0.3 is 20.7 Å². The molecule has 0 saturated heterocycles. The van der Waals surface area contributed by atoms with Gasteiger partial charge in [-0.2, -0.15) is 0 Å². The lowest BCUT2D eigenvalue weighted by molar-refractivity contribution is 0.0689. The van der Waals surface area contributed by atoms with E-state index in [9.17, 15) is 9.90 Å². The third kappa shape index (κ3) is 3.13. The Morgan fingerprint density at radius 1 is 1.38 bits per heavy atom. The fourth-order valence-electron chi connectivity index (χ4n) is 1.28. The maximum Gasteiger partial charge on any atom is 0.343 e. The number of carbonyl (C=O) groups is 1. The number of hydrogen-bond acceptors (Lipinski definition) is 4. The van der Waals surface area contributed by atoms with Crippen molar-refractivity contribution in [2.75, 3.05) is 13.2 Å². The van der Waals surface area contributed by atoms with Crippen LogP contribution in [0.4, 0.5) is 0 Å². The number of carboxylic acids is 1. The van der Waals surface area contributed by atoms with Gasteiger partial charge in [0, 0.05) is 0 Å². The summed E-state index contributed by atoms with van der Waals surface area (Å²) >= 11 is 0. The molecule has 0 spiro atoms. The van der Waals surface area contributed by atoms with Gasteiger partial charge in [0.05, 0.1) is 6.61 Å². The molecule has 0 aliphatic heterocycles. The number of aromatic carboxylic acids is 1. The van der Waals surface area contributed by atoms with E-state index in [1.807, 2.05) is 0 Å². The maximum atomic E-state index is 10.9. The summed E-state index contributed by atoms with van der Waals surface area (Å²) < 4.78 is 5.28. The van der Waals surface area contributed by atoms with Gasteiger partial charge in [-0.25, -0.2) is 4.79 Å². The fourth-order valence-corrected chi connectivity index (χ4v) is 1.28. The highest BCUT2D eigenvalue weighted by Crippen LogP contribution is 2.27. The minimum atomic E-state index is -1.20. The second-order valence-corrected chi connectivity index (χ2v) is 3.30. The van der Waals surface area contributed by atoms with Crippen LogP contribution in [0.5, 0.6) is 11.5 Å². The molecule has 0 heterocycles. The highest BCUT2D eigenvalue weighted by Gasteiger charge is 2.15. The first-order valence-corrected chi connectivity index (χ1v) is 5.05. The second kappa shape index (κ2) is 5.97. The van der Waals surface area contributed by atoms with Gasteiger partial charge in [-0.05, 0) is 31.5 Å². The maximum absolute atomic E-state index is 10.9. The highest BCUT2D eigenvalue weighted by molar-refractivity contribution is 5.93. The number of aromatic hydroxyl groups is 1. The number of rotatable bonds is 6. The second-order valence-electron chi connectivity index (χ2n) is 3.30. The van der Waals surface area contributed by atoms with Crippen molar-refractivity contribution in [1.82, 2.24) is 0 Å². The molecule has 0 aliphatic rings. The Balaban J connectivity index is 2.71. The van der Waals surface area contributed by atoms with E-state index >= 15 is 0 Å². The van der Waals surface area contributed by atoms with Crippen molar-refractivity contribution in [3.63, 3.8) is 0 Å². The Kier molecular flexibility index (Phi) is 4.60. The predicted molar refractivity (Wildman–Crippen MR) is 58.8 cm³/mol. The number of nitrogens with two attached hydrogens (primary N) is 1. The molecule has 0 amide bonds. The Morgan fingerprint density at radius 2 is 2.12 bits per heavy atom. The van der Waals surface area contributed by atoms with E-state index in [0.29, 0.717) is 13.2 Å². The summed E-state index contributed by atoms with van der Waals surface area (Å²) in [7, 11) is 0. The number of unbranched alkanes of at least 4 members (excludes halogenated alkanes) is 1. The summed E-state index contributed by atoms with van der Waals surface area (Å²) in [6.07, 6.45) is 1.58. The zero-order valence-corrected chi connectivity index (χ0v) is 8.85. The molecule has 0 saturated carbocycles. The third-order valence-electron chi connectivity index (χ3n) is 2.07. The standard InChI is InChI=1S/C11H15NO4/c12-6-1-2-7-16-9-5-3-4-8(13)10(9)11(14)15/h3-5,13H,1-2,6-7,12H2,(H,14,15). The lowest BCUT2D eigenvalue weighted by Crippen LogP contribution is -2.06. The van der Waals surface area contributed by atoms with Gasteiger partial charge in [0.2, 0.25) is 0 Å². The van der Waals surface area contributed by atoms with Crippen molar-refractivity contribution in [2.45, 2.75) is 12.8 Å². The lowest BCUT2D eigenvalue weighted by atomic mass is 10.2. The summed E-state index contributed by atoms with van der Waals surface area (Å²) in [4.78, 5) is 10.9. The SMILES string of the molecule is NCCCCOc1cccc(O)c1C(=O)O. The van der Waals surface area contributed by atoms with Gasteiger partial charge in [-0.3, -0.25) is 0 Å². The molecular weight excluding hydrogens is 210 g/mol. The van der Waals surface area contributed by atoms with Crippen molar-refractivity contribution in [2.24, 2.45) is 5.73 Å². The molecule has 0 unspecified atom stereocenters. The number of benzene rings is 1. The van der Waals surface area contributed by atoms with Crippen LogP contribution in [0.3, 0.4) is 0 Å². The molecule has 88 valence electrons. The lowest BCUT2D eigenvalue weighted by Gasteiger charge is -2.09. The first kappa shape index (κ1) is 12.3. The van der Waals surface area contributed by atoms with E-state index in [0.717, 1.165) is 12.8 Å². The average Bonchev–Trinajstić information content (AvgIpc) is 2.24. The largest absolute Gasteiger partial charge is 0.507 e. The smallest absolute Gasteiger partial charge is 0.343 e. The van der Waals surface area contributed by atoms with Gasteiger partial charge >= 0.3 is 5.97 Å². The molecule has 0 aromatic heterocycles. The van der Waals surface area contributed by atoms with Crippen LogP contribution in [0, 0.1) is 0 Å². The molecule has 0 radical (unpaired) electrons. The van der Waals surface area contributed by atoms with Crippen LogP contribution in [0.1, 0.15) is 23.2 Å². The van der Waals surface area contributed by atoms with Crippen LogP contribution in [-0.2, 0) is 0 Å². The molecule has 1 rings (SSSR count). The van der Waals surface area contributed by atoms with Crippen LogP contribution in [0.25, 0.3) is 0 Å². The van der Waals surface area contributed by atoms with E-state index in [-0.39, 0.29) is 17.1 Å². The van der Waals surface area contributed by atoms with Crippen LogP contribution in [0.2, 0.25) is 0 Å². The van der Waals surface area contributed by atoms with Crippen molar-refractivity contribution < 1.29 is 19.7 Å². The quantitative estimate of drug-likeness (QED) is 0.633. The fraction of sp³-hybridized carbons (Fsp3) is 0.364. The number of carboxylic acid groups (broad SMARTS) is 1. The topological polar surface area (TPSA) is 92.8 Å². The molecule has 1 aromatic carbocycles. The van der Waals surface area contributed by atoms with Gasteiger partial charge in [-0.15, -0.1) is 0 Å². The molecule has 0 bridgehead atoms. The molecule has 1 aromatic rings. The van der Waals surface area contributed by atoms with Crippen molar-refractivity contribution in [1.29, 1.82) is 0 Å². The van der Waals surface area contributed by atoms with E-state index < -0.39 is 5.97 Å². The zero-order valence-electron chi connectivity index (χ0n) is 8.85. The van der Waals surface area contributed by atoms with Crippen LogP contribution >= 0.6 is 0 Å². The molecular formula is C11H15NO4. The normalized spacial score (nSPS) is 10.1.